The zero-order chi connectivity index (χ0) is 15.5. The van der Waals surface area contributed by atoms with E-state index in [1.807, 2.05) is 19.9 Å². The number of nitrogens with zero attached hydrogens (tertiary/aromatic N) is 2. The van der Waals surface area contributed by atoms with Gasteiger partial charge >= 0.3 is 0 Å². The standard InChI is InChI=1S/C13H20N4O3S/c1-4-14-7-11-8-15-16-13(11)21(18,19)17(3)9-12-6-5-10(2)20-12/h5-6,8,14H,4,7,9H2,1-3H3,(H,15,16). The fraction of sp³-hybridized carbons (Fsp3) is 0.462. The zero-order valence-corrected chi connectivity index (χ0v) is 13.2. The van der Waals surface area contributed by atoms with Gasteiger partial charge in [0.25, 0.3) is 10.0 Å². The van der Waals surface area contributed by atoms with Gasteiger partial charge in [-0.15, -0.1) is 0 Å². The van der Waals surface area contributed by atoms with Crippen LogP contribution in [-0.2, 0) is 23.1 Å². The molecule has 0 unspecified atom stereocenters. The van der Waals surface area contributed by atoms with Gasteiger partial charge in [0.1, 0.15) is 11.5 Å². The molecule has 0 saturated carbocycles. The van der Waals surface area contributed by atoms with Crippen LogP contribution >= 0.6 is 0 Å². The van der Waals surface area contributed by atoms with Gasteiger partial charge in [0.2, 0.25) is 0 Å². The minimum absolute atomic E-state index is 0.120. The molecule has 116 valence electrons. The van der Waals surface area contributed by atoms with Crippen molar-refractivity contribution in [2.24, 2.45) is 0 Å². The second-order valence-electron chi connectivity index (χ2n) is 4.78. The predicted molar refractivity (Wildman–Crippen MR) is 78.1 cm³/mol. The average molecular weight is 312 g/mol. The number of sulfonamides is 1. The fourth-order valence-corrected chi connectivity index (χ4v) is 3.17. The SMILES string of the molecule is CCNCc1cn[nH]c1S(=O)(=O)N(C)Cc1ccc(C)o1. The molecule has 2 aromatic heterocycles. The van der Waals surface area contributed by atoms with Crippen molar-refractivity contribution in [2.75, 3.05) is 13.6 Å². The molecule has 2 heterocycles. The number of furan rings is 1. The summed E-state index contributed by atoms with van der Waals surface area (Å²) in [6, 6.07) is 3.58. The van der Waals surface area contributed by atoms with E-state index in [2.05, 4.69) is 15.5 Å². The molecule has 2 rings (SSSR count). The van der Waals surface area contributed by atoms with Crippen LogP contribution in [0, 0.1) is 6.92 Å². The van der Waals surface area contributed by atoms with Gasteiger partial charge in [0.15, 0.2) is 5.03 Å². The van der Waals surface area contributed by atoms with E-state index < -0.39 is 10.0 Å². The molecular weight excluding hydrogens is 292 g/mol. The Kier molecular flexibility index (Phi) is 4.81. The molecule has 2 aromatic rings. The van der Waals surface area contributed by atoms with Gasteiger partial charge in [0.05, 0.1) is 12.7 Å². The Morgan fingerprint density at radius 1 is 1.43 bits per heavy atom. The Hall–Kier alpha value is -1.64. The second-order valence-corrected chi connectivity index (χ2v) is 6.76. The summed E-state index contributed by atoms with van der Waals surface area (Å²) >= 11 is 0. The van der Waals surface area contributed by atoms with Gasteiger partial charge in [-0.2, -0.15) is 9.40 Å². The van der Waals surface area contributed by atoms with Crippen LogP contribution in [0.15, 0.2) is 27.8 Å². The van der Waals surface area contributed by atoms with Gasteiger partial charge in [-0.25, -0.2) is 8.42 Å². The summed E-state index contributed by atoms with van der Waals surface area (Å²) in [5.74, 6) is 1.36. The Morgan fingerprint density at radius 2 is 2.19 bits per heavy atom. The van der Waals surface area contributed by atoms with Gasteiger partial charge in [-0.3, -0.25) is 5.10 Å². The van der Waals surface area contributed by atoms with Crippen molar-refractivity contribution in [2.45, 2.75) is 32.0 Å². The van der Waals surface area contributed by atoms with E-state index in [-0.39, 0.29) is 11.6 Å². The van der Waals surface area contributed by atoms with Crippen LogP contribution in [0.25, 0.3) is 0 Å². The summed E-state index contributed by atoms with van der Waals surface area (Å²) in [5, 5.41) is 9.63. The number of rotatable bonds is 7. The molecule has 0 amide bonds. The minimum Gasteiger partial charge on any atom is -0.465 e. The van der Waals surface area contributed by atoms with Crippen molar-refractivity contribution in [3.63, 3.8) is 0 Å². The molecule has 0 aromatic carbocycles. The van der Waals surface area contributed by atoms with Crippen LogP contribution in [0.4, 0.5) is 0 Å². The summed E-state index contributed by atoms with van der Waals surface area (Å²) in [6.07, 6.45) is 1.53. The Labute approximate surface area is 124 Å². The highest BCUT2D eigenvalue weighted by atomic mass is 32.2. The molecule has 0 bridgehead atoms. The monoisotopic (exact) mass is 312 g/mol. The van der Waals surface area contributed by atoms with E-state index in [9.17, 15) is 8.42 Å². The molecule has 0 radical (unpaired) electrons. The molecule has 0 atom stereocenters. The lowest BCUT2D eigenvalue weighted by atomic mass is 10.3. The van der Waals surface area contributed by atoms with E-state index >= 15 is 0 Å². The number of aromatic amines is 1. The van der Waals surface area contributed by atoms with E-state index in [1.54, 1.807) is 6.07 Å². The molecule has 0 fully saturated rings. The molecule has 7 nitrogen and oxygen atoms in total. The number of H-pyrrole nitrogens is 1. The highest BCUT2D eigenvalue weighted by Crippen LogP contribution is 2.19. The van der Waals surface area contributed by atoms with Crippen LogP contribution in [0.1, 0.15) is 24.0 Å². The topological polar surface area (TPSA) is 91.2 Å². The molecular formula is C13H20N4O3S. The van der Waals surface area contributed by atoms with Crippen molar-refractivity contribution in [3.05, 3.63) is 35.4 Å². The van der Waals surface area contributed by atoms with Gasteiger partial charge < -0.3 is 9.73 Å². The van der Waals surface area contributed by atoms with E-state index in [0.717, 1.165) is 12.3 Å². The second kappa shape index (κ2) is 6.42. The van der Waals surface area contributed by atoms with Gasteiger partial charge in [-0.1, -0.05) is 6.92 Å². The van der Waals surface area contributed by atoms with Crippen LogP contribution in [-0.4, -0.2) is 36.5 Å². The van der Waals surface area contributed by atoms with Gasteiger partial charge in [-0.05, 0) is 25.6 Å². The van der Waals surface area contributed by atoms with Crippen LogP contribution < -0.4 is 5.32 Å². The first-order chi connectivity index (χ1) is 9.95. The summed E-state index contributed by atoms with van der Waals surface area (Å²) in [6.45, 7) is 5.17. The molecule has 2 N–H and O–H groups in total. The molecule has 21 heavy (non-hydrogen) atoms. The van der Waals surface area contributed by atoms with Crippen LogP contribution in [0.3, 0.4) is 0 Å². The summed E-state index contributed by atoms with van der Waals surface area (Å²) in [7, 11) is -2.11. The lowest BCUT2D eigenvalue weighted by molar-refractivity contribution is 0.396. The maximum absolute atomic E-state index is 12.6. The summed E-state index contributed by atoms with van der Waals surface area (Å²) in [5.41, 5.74) is 0.624. The maximum atomic E-state index is 12.6. The third-order valence-corrected chi connectivity index (χ3v) is 4.91. The highest BCUT2D eigenvalue weighted by molar-refractivity contribution is 7.89. The minimum atomic E-state index is -3.63. The first-order valence-corrected chi connectivity index (χ1v) is 8.13. The normalized spacial score (nSPS) is 12.2. The first-order valence-electron chi connectivity index (χ1n) is 6.69. The van der Waals surface area contributed by atoms with E-state index in [0.29, 0.717) is 17.9 Å². The molecule has 0 saturated heterocycles. The number of aromatic nitrogens is 2. The Morgan fingerprint density at radius 3 is 2.81 bits per heavy atom. The smallest absolute Gasteiger partial charge is 0.260 e. The number of aryl methyl sites for hydroxylation is 1. The zero-order valence-electron chi connectivity index (χ0n) is 12.4. The average Bonchev–Trinajstić information content (AvgIpc) is 3.05. The molecule has 8 heteroatoms. The van der Waals surface area contributed by atoms with Crippen molar-refractivity contribution in [3.8, 4) is 0 Å². The number of hydrogen-bond donors (Lipinski definition) is 2. The van der Waals surface area contributed by atoms with Crippen molar-refractivity contribution < 1.29 is 12.8 Å². The molecule has 0 aliphatic heterocycles. The Balaban J connectivity index is 2.19. The molecule has 0 spiro atoms. The third kappa shape index (κ3) is 3.52. The van der Waals surface area contributed by atoms with Crippen LogP contribution in [0.2, 0.25) is 0 Å². The first kappa shape index (κ1) is 15.7. The summed E-state index contributed by atoms with van der Waals surface area (Å²) in [4.78, 5) is 0. The van der Waals surface area contributed by atoms with Crippen molar-refractivity contribution >= 4 is 10.0 Å². The van der Waals surface area contributed by atoms with E-state index in [1.165, 1.54) is 17.5 Å². The third-order valence-electron chi connectivity index (χ3n) is 3.09. The van der Waals surface area contributed by atoms with Crippen molar-refractivity contribution in [1.29, 1.82) is 0 Å². The lowest BCUT2D eigenvalue weighted by Gasteiger charge is -2.15. The largest absolute Gasteiger partial charge is 0.465 e. The highest BCUT2D eigenvalue weighted by Gasteiger charge is 2.26. The fourth-order valence-electron chi connectivity index (χ4n) is 1.94. The molecule has 0 aliphatic rings. The van der Waals surface area contributed by atoms with Crippen molar-refractivity contribution in [1.82, 2.24) is 19.8 Å². The van der Waals surface area contributed by atoms with E-state index in [4.69, 9.17) is 4.42 Å². The van der Waals surface area contributed by atoms with Gasteiger partial charge in [0, 0.05) is 19.2 Å². The lowest BCUT2D eigenvalue weighted by Crippen LogP contribution is -2.28. The predicted octanol–water partition coefficient (Wildman–Crippen LogP) is 1.24. The Bertz CT molecular complexity index is 690. The molecule has 0 aliphatic carbocycles. The quantitative estimate of drug-likeness (QED) is 0.802. The summed E-state index contributed by atoms with van der Waals surface area (Å²) < 4.78 is 31.8. The number of hydrogen-bond acceptors (Lipinski definition) is 5. The van der Waals surface area contributed by atoms with Crippen LogP contribution in [0.5, 0.6) is 0 Å². The maximum Gasteiger partial charge on any atom is 0.260 e. The number of nitrogens with one attached hydrogen (secondary N) is 2.